The second-order valence-corrected chi connectivity index (χ2v) is 8.23. The van der Waals surface area contributed by atoms with Gasteiger partial charge in [0.25, 0.3) is 0 Å². The number of carbonyl (C=O) groups excluding carboxylic acids is 2. The number of urea groups is 1. The van der Waals surface area contributed by atoms with Crippen molar-refractivity contribution >= 4 is 55.9 Å². The number of amides is 3. The van der Waals surface area contributed by atoms with Crippen LogP contribution >= 0.6 is 23.1 Å². The number of aromatic nitrogens is 3. The summed E-state index contributed by atoms with van der Waals surface area (Å²) in [5.41, 5.74) is 3.72. The zero-order valence-corrected chi connectivity index (χ0v) is 16.9. The Hall–Kier alpha value is -2.91. The maximum Gasteiger partial charge on any atom is 0.325 e. The van der Waals surface area contributed by atoms with Crippen molar-refractivity contribution in [3.8, 4) is 0 Å². The monoisotopic (exact) mass is 411 g/mol. The van der Waals surface area contributed by atoms with Crippen molar-refractivity contribution in [3.63, 3.8) is 0 Å². The van der Waals surface area contributed by atoms with E-state index in [1.807, 2.05) is 60.7 Å². The van der Waals surface area contributed by atoms with E-state index >= 15 is 0 Å². The fraction of sp³-hybridized carbons (Fsp3) is 0.158. The largest absolute Gasteiger partial charge is 0.325 e. The Kier molecular flexibility index (Phi) is 5.01. The molecule has 0 saturated carbocycles. The van der Waals surface area contributed by atoms with Gasteiger partial charge in [0.15, 0.2) is 5.16 Å². The van der Waals surface area contributed by atoms with E-state index in [4.69, 9.17) is 0 Å². The molecule has 4 rings (SSSR count). The predicted molar refractivity (Wildman–Crippen MR) is 112 cm³/mol. The summed E-state index contributed by atoms with van der Waals surface area (Å²) in [4.78, 5) is 25.0. The minimum Gasteiger partial charge on any atom is -0.307 e. The molecule has 142 valence electrons. The minimum atomic E-state index is -0.551. The van der Waals surface area contributed by atoms with E-state index in [-0.39, 0.29) is 5.75 Å². The van der Waals surface area contributed by atoms with Crippen LogP contribution in [0.2, 0.25) is 0 Å². The molecule has 2 aromatic carbocycles. The fourth-order valence-electron chi connectivity index (χ4n) is 2.85. The van der Waals surface area contributed by atoms with Crippen LogP contribution in [0, 0.1) is 13.8 Å². The van der Waals surface area contributed by atoms with Gasteiger partial charge in [-0.1, -0.05) is 52.9 Å². The first-order valence-corrected chi connectivity index (χ1v) is 10.3. The lowest BCUT2D eigenvalue weighted by molar-refractivity contribution is -0.117. The van der Waals surface area contributed by atoms with Crippen LogP contribution in [-0.4, -0.2) is 32.3 Å². The Balaban J connectivity index is 1.39. The lowest BCUT2D eigenvalue weighted by atomic mass is 10.1. The van der Waals surface area contributed by atoms with Gasteiger partial charge < -0.3 is 5.32 Å². The van der Waals surface area contributed by atoms with E-state index < -0.39 is 11.9 Å². The van der Waals surface area contributed by atoms with Crippen molar-refractivity contribution in [3.05, 3.63) is 53.6 Å². The zero-order chi connectivity index (χ0) is 19.7. The number of rotatable bonds is 4. The van der Waals surface area contributed by atoms with Crippen molar-refractivity contribution < 1.29 is 9.59 Å². The van der Waals surface area contributed by atoms with Gasteiger partial charge in [-0.3, -0.25) is 14.5 Å². The number of nitrogens with zero attached hydrogens (tertiary/aromatic N) is 3. The van der Waals surface area contributed by atoms with Crippen LogP contribution in [0.15, 0.2) is 47.6 Å². The molecule has 2 N–H and O–H groups in total. The SMILES string of the molecule is Cc1ccc(NC(=O)NC(=O)CSc2nnc3sc4ccccc4n23)c(C)c1. The quantitative estimate of drug-likeness (QED) is 0.496. The molecule has 0 spiro atoms. The van der Waals surface area contributed by atoms with Gasteiger partial charge in [0.05, 0.1) is 16.0 Å². The standard InChI is InChI=1S/C19H17N5O2S2/c1-11-7-8-13(12(2)9-11)20-17(26)21-16(25)10-27-18-22-23-19-24(18)14-5-3-4-6-15(14)28-19/h3-9H,10H2,1-2H3,(H2,20,21,25,26). The van der Waals surface area contributed by atoms with Crippen molar-refractivity contribution in [2.45, 2.75) is 19.0 Å². The van der Waals surface area contributed by atoms with E-state index in [2.05, 4.69) is 20.8 Å². The molecule has 0 aliphatic heterocycles. The molecule has 3 amide bonds. The third-order valence-electron chi connectivity index (χ3n) is 4.13. The van der Waals surface area contributed by atoms with E-state index in [1.54, 1.807) is 11.3 Å². The third-order valence-corrected chi connectivity index (χ3v) is 6.07. The Morgan fingerprint density at radius 1 is 1.14 bits per heavy atom. The number of aryl methyl sites for hydroxylation is 2. The van der Waals surface area contributed by atoms with Crippen LogP contribution in [0.25, 0.3) is 15.2 Å². The van der Waals surface area contributed by atoms with Crippen LogP contribution in [0.5, 0.6) is 0 Å². The predicted octanol–water partition coefficient (Wildman–Crippen LogP) is 4.00. The van der Waals surface area contributed by atoms with Gasteiger partial charge in [0.2, 0.25) is 10.9 Å². The van der Waals surface area contributed by atoms with Gasteiger partial charge >= 0.3 is 6.03 Å². The smallest absolute Gasteiger partial charge is 0.307 e. The van der Waals surface area contributed by atoms with Crippen LogP contribution in [0.1, 0.15) is 11.1 Å². The summed E-state index contributed by atoms with van der Waals surface area (Å²) in [6, 6.07) is 13.1. The van der Waals surface area contributed by atoms with E-state index in [0.717, 1.165) is 26.3 Å². The number of hydrogen-bond donors (Lipinski definition) is 2. The van der Waals surface area contributed by atoms with Crippen LogP contribution < -0.4 is 10.6 Å². The fourth-order valence-corrected chi connectivity index (χ4v) is 4.62. The van der Waals surface area contributed by atoms with Gasteiger partial charge in [0.1, 0.15) is 0 Å². The molecule has 0 fully saturated rings. The molecule has 0 atom stereocenters. The number of imide groups is 1. The molecular formula is C19H17N5O2S2. The van der Waals surface area contributed by atoms with Crippen molar-refractivity contribution in [2.24, 2.45) is 0 Å². The molecule has 0 aliphatic carbocycles. The molecule has 2 heterocycles. The number of thioether (sulfide) groups is 1. The number of benzene rings is 2. The normalized spacial score (nSPS) is 11.1. The average molecular weight is 412 g/mol. The number of carbonyl (C=O) groups is 2. The molecule has 7 nitrogen and oxygen atoms in total. The summed E-state index contributed by atoms with van der Waals surface area (Å²) in [5.74, 6) is -0.339. The third kappa shape index (κ3) is 3.71. The first-order valence-electron chi connectivity index (χ1n) is 8.55. The summed E-state index contributed by atoms with van der Waals surface area (Å²) in [7, 11) is 0. The number of nitrogens with one attached hydrogen (secondary N) is 2. The second-order valence-electron chi connectivity index (χ2n) is 6.28. The average Bonchev–Trinajstić information content (AvgIpc) is 3.21. The highest BCUT2D eigenvalue weighted by atomic mass is 32.2. The molecule has 2 aromatic heterocycles. The molecule has 9 heteroatoms. The number of para-hydroxylation sites is 1. The molecule has 0 bridgehead atoms. The second kappa shape index (κ2) is 7.61. The summed E-state index contributed by atoms with van der Waals surface area (Å²) in [6.07, 6.45) is 0. The van der Waals surface area contributed by atoms with Crippen molar-refractivity contribution in [1.82, 2.24) is 19.9 Å². The molecule has 0 radical (unpaired) electrons. The Morgan fingerprint density at radius 2 is 1.96 bits per heavy atom. The number of hydrogen-bond acceptors (Lipinski definition) is 6. The maximum absolute atomic E-state index is 12.2. The summed E-state index contributed by atoms with van der Waals surface area (Å²) in [5, 5.41) is 14.0. The number of thiazole rings is 1. The van der Waals surface area contributed by atoms with Gasteiger partial charge in [-0.15, -0.1) is 10.2 Å². The van der Waals surface area contributed by atoms with Crippen molar-refractivity contribution in [2.75, 3.05) is 11.1 Å². The molecule has 28 heavy (non-hydrogen) atoms. The van der Waals surface area contributed by atoms with Gasteiger partial charge in [-0.25, -0.2) is 4.79 Å². The molecule has 0 aliphatic rings. The lowest BCUT2D eigenvalue weighted by Crippen LogP contribution is -2.35. The van der Waals surface area contributed by atoms with Crippen LogP contribution in [0.4, 0.5) is 10.5 Å². The van der Waals surface area contributed by atoms with E-state index in [9.17, 15) is 9.59 Å². The van der Waals surface area contributed by atoms with E-state index in [1.165, 1.54) is 11.8 Å². The molecule has 0 saturated heterocycles. The Labute approximate surface area is 169 Å². The zero-order valence-electron chi connectivity index (χ0n) is 15.2. The van der Waals surface area contributed by atoms with Gasteiger partial charge in [-0.2, -0.15) is 0 Å². The summed E-state index contributed by atoms with van der Waals surface area (Å²) >= 11 is 2.78. The first-order chi connectivity index (χ1) is 13.5. The Morgan fingerprint density at radius 3 is 2.79 bits per heavy atom. The Bertz CT molecular complexity index is 1200. The van der Waals surface area contributed by atoms with Crippen LogP contribution in [0.3, 0.4) is 0 Å². The molecule has 0 unspecified atom stereocenters. The maximum atomic E-state index is 12.2. The first kappa shape index (κ1) is 18.5. The van der Waals surface area contributed by atoms with Crippen LogP contribution in [-0.2, 0) is 4.79 Å². The highest BCUT2D eigenvalue weighted by Gasteiger charge is 2.15. The van der Waals surface area contributed by atoms with E-state index in [0.29, 0.717) is 10.8 Å². The highest BCUT2D eigenvalue weighted by molar-refractivity contribution is 7.99. The molecule has 4 aromatic rings. The van der Waals surface area contributed by atoms with Gasteiger partial charge in [0, 0.05) is 5.69 Å². The number of fused-ring (bicyclic) bond motifs is 3. The lowest BCUT2D eigenvalue weighted by Gasteiger charge is -2.09. The minimum absolute atomic E-state index is 0.0608. The topological polar surface area (TPSA) is 88.4 Å². The highest BCUT2D eigenvalue weighted by Crippen LogP contribution is 2.29. The summed E-state index contributed by atoms with van der Waals surface area (Å²) < 4.78 is 3.03. The molecular weight excluding hydrogens is 394 g/mol. The van der Waals surface area contributed by atoms with Crippen molar-refractivity contribution in [1.29, 1.82) is 0 Å². The van der Waals surface area contributed by atoms with Gasteiger partial charge in [-0.05, 0) is 37.6 Å². The summed E-state index contributed by atoms with van der Waals surface area (Å²) in [6.45, 7) is 3.89. The number of anilines is 1.